The van der Waals surface area contributed by atoms with Gasteiger partial charge in [0.05, 0.1) is 19.4 Å². The maximum absolute atomic E-state index is 15.6. The number of likely N-dealkylation sites (tertiary alicyclic amines) is 1. The van der Waals surface area contributed by atoms with E-state index in [9.17, 15) is 71.0 Å². The van der Waals surface area contributed by atoms with E-state index in [0.717, 1.165) is 10.8 Å². The summed E-state index contributed by atoms with van der Waals surface area (Å²) in [5.41, 5.74) is 5.84. The zero-order chi connectivity index (χ0) is 95.9. The van der Waals surface area contributed by atoms with Crippen molar-refractivity contribution in [1.29, 1.82) is 0 Å². The van der Waals surface area contributed by atoms with Gasteiger partial charge in [-0.15, -0.1) is 0 Å². The summed E-state index contributed by atoms with van der Waals surface area (Å²) in [4.78, 5) is 249. The van der Waals surface area contributed by atoms with Crippen LogP contribution in [0, 0.1) is 5.92 Å². The summed E-state index contributed by atoms with van der Waals surface area (Å²) in [5, 5.41) is 63.9. The molecule has 12 atom stereocenters. The molecule has 3 saturated heterocycles. The highest BCUT2D eigenvalue weighted by molar-refractivity contribution is 6.30. The highest BCUT2D eigenvalue weighted by Gasteiger charge is 2.42. The van der Waals surface area contributed by atoms with Crippen LogP contribution in [-0.4, -0.2) is 226 Å². The molecule has 0 unspecified atom stereocenters. The van der Waals surface area contributed by atoms with Crippen molar-refractivity contribution in [3.8, 4) is 0 Å². The number of hydrogen-bond acceptors (Lipinski definition) is 22. The molecule has 4 heterocycles. The average Bonchev–Trinajstić information content (AvgIpc) is 1.59. The zero-order valence-corrected chi connectivity index (χ0v) is 73.2. The van der Waals surface area contributed by atoms with Gasteiger partial charge in [-0.1, -0.05) is 124 Å². The van der Waals surface area contributed by atoms with Gasteiger partial charge in [0.15, 0.2) is 0 Å². The Morgan fingerprint density at radius 3 is 1.40 bits per heavy atom. The molecule has 43 heteroatoms. The minimum atomic E-state index is -5.19. The Bertz CT molecular complexity index is 5100. The summed E-state index contributed by atoms with van der Waals surface area (Å²) >= 11 is 6.28. The Kier molecular flexibility index (Phi) is 38.4. The summed E-state index contributed by atoms with van der Waals surface area (Å²) in [7, 11) is 0. The Morgan fingerprint density at radius 1 is 0.527 bits per heavy atom. The van der Waals surface area contributed by atoms with Gasteiger partial charge in [0.2, 0.25) is 82.7 Å². The number of imide groups is 2. The quantitative estimate of drug-likeness (QED) is 0.0207. The van der Waals surface area contributed by atoms with E-state index in [1.54, 1.807) is 56.3 Å². The Balaban J connectivity index is 0.00000290. The highest BCUT2D eigenvalue weighted by Crippen LogP contribution is 2.24. The van der Waals surface area contributed by atoms with Crippen LogP contribution in [-0.2, 0) is 109 Å². The van der Waals surface area contributed by atoms with Crippen LogP contribution in [0.1, 0.15) is 121 Å². The molecule has 0 saturated carbocycles. The first-order valence-corrected chi connectivity index (χ1v) is 42.6. The fraction of sp³-hybridized carbons (Fsp3) is 0.420. The van der Waals surface area contributed by atoms with Crippen molar-refractivity contribution in [2.45, 2.75) is 210 Å². The van der Waals surface area contributed by atoms with E-state index in [1.165, 1.54) is 79.7 Å². The SMILES string of the molecule is CC(=O)N[C@H](Cc1ccc2ccccc2c1)C(=O)N[C@H](Cc1ccc(Cl)cc1)C(=O)N[C@H](Cc1cccnc1)C(=O)N[C@@H](CO)C(=O)N[C@@H](Cc1ccc(NC(=O)[C@@H]2CC(=O)NC(=O)N2)cc1)C(=O)N[C@H](Cc1ccc(NC(=O)[C@@H]2CC(=O)NC(=O)N2)cc1)C(=O)N[C@@H](CC(C)C)C(=O)N[C@@H](CCCCNC(C)C)C(=O)N1CCC[C@H]1C(=O)N[C@H](C)C([NH3+])=O.O=C([O-])C(F)(F)F. The first-order valence-electron chi connectivity index (χ1n) is 42.2. The summed E-state index contributed by atoms with van der Waals surface area (Å²) in [6.45, 7) is 9.70. The number of carboxylic acid groups (broad SMARTS) is 1. The van der Waals surface area contributed by atoms with Crippen LogP contribution in [0.3, 0.4) is 0 Å². The van der Waals surface area contributed by atoms with Crippen molar-refractivity contribution in [2.24, 2.45) is 5.92 Å². The standard InChI is InChI=1S/C86H106ClN19O18.C2HF3O2/c1-46(2)35-61(76(114)95-60(16-9-10-33-90-47(3)4)84(122)106-34-12-17-70(106)83(121)91-48(5)73(88)111)96-78(116)64(38-51-21-28-58(29-22-51)93-74(112)67-42-71(109)104-85(123)102-67)98-80(118)65(39-52-23-30-59(31-24-52)94-75(113)68-43-72(110)105-86(124)103-68)100-82(120)69(45-107)101-81(119)66(41-54-13-11-32-89-44-54)99-79(117)63(37-50-19-26-57(87)27-20-50)97-77(115)62(92-49(6)108)40-53-18-25-55-14-7-8-15-56(55)36-53;3-2(4,5)1(6)7/h7-8,11,13-15,18-32,36,44,46-48,60-70,90,107H,9-10,12,16-17,33-35,37-43,45H2,1-6H3,(H2,88,111)(H,91,121)(H,92,108)(H,93,112)(H,94,113)(H,95,114)(H,96,116)(H,97,115)(H,98,118)(H,99,117)(H,100,120)(H,101,119)(H2,102,104,109,123)(H2,103,105,110,124);(H,6,7)/t48-,60+,61+,62-,63-,64-,65+,66-,67+,68+,69+,70+;/m1./s1. The summed E-state index contributed by atoms with van der Waals surface area (Å²) < 4.78 is 31.5. The van der Waals surface area contributed by atoms with Gasteiger partial charge < -0.3 is 94.3 Å². The Hall–Kier alpha value is -13.9. The van der Waals surface area contributed by atoms with Crippen molar-refractivity contribution in [3.63, 3.8) is 0 Å². The van der Waals surface area contributed by atoms with Crippen molar-refractivity contribution >= 4 is 140 Å². The van der Waals surface area contributed by atoms with E-state index in [4.69, 9.17) is 21.5 Å². The number of fused-ring (bicyclic) bond motifs is 1. The second kappa shape index (κ2) is 49.1. The average molecular weight is 1840 g/mol. The third kappa shape index (κ3) is 33.0. The van der Waals surface area contributed by atoms with Gasteiger partial charge >= 0.3 is 24.1 Å². The molecule has 3 aliphatic rings. The molecule has 9 rings (SSSR count). The van der Waals surface area contributed by atoms with Crippen LogP contribution in [0.4, 0.5) is 34.1 Å². The number of aliphatic hydroxyl groups is 1. The first-order chi connectivity index (χ1) is 62.1. The minimum absolute atomic E-state index is 0.00784. The molecule has 3 fully saturated rings. The number of halogens is 4. The molecule has 0 radical (unpaired) electrons. The van der Waals surface area contributed by atoms with E-state index in [-0.39, 0.29) is 86.8 Å². The van der Waals surface area contributed by atoms with Gasteiger partial charge in [-0.2, -0.15) is 13.2 Å². The van der Waals surface area contributed by atoms with E-state index >= 15 is 28.8 Å². The van der Waals surface area contributed by atoms with E-state index in [1.807, 2.05) is 55.6 Å². The number of unbranched alkanes of at least 4 members (excludes halogenated alkanes) is 1. The number of hydrogen-bond donors (Lipinski definition) is 18. The lowest BCUT2D eigenvalue weighted by atomic mass is 9.99. The maximum atomic E-state index is 15.6. The van der Waals surface area contributed by atoms with Gasteiger partial charge in [0, 0.05) is 80.4 Å². The van der Waals surface area contributed by atoms with Crippen LogP contribution in [0.5, 0.6) is 0 Å². The largest absolute Gasteiger partial charge is 0.542 e. The van der Waals surface area contributed by atoms with Gasteiger partial charge in [-0.25, -0.2) is 14.4 Å². The molecule has 39 nitrogen and oxygen atoms in total. The number of benzene rings is 5. The van der Waals surface area contributed by atoms with Crippen LogP contribution in [0.15, 0.2) is 140 Å². The molecule has 0 bridgehead atoms. The number of aliphatic carboxylic acids is 1. The number of aliphatic hydroxyl groups excluding tert-OH is 1. The van der Waals surface area contributed by atoms with Gasteiger partial charge in [-0.05, 0) is 139 Å². The fourth-order valence-electron chi connectivity index (χ4n) is 14.2. The van der Waals surface area contributed by atoms with Crippen molar-refractivity contribution < 1.29 is 115 Å². The van der Waals surface area contributed by atoms with Gasteiger partial charge in [0.25, 0.3) is 0 Å². The van der Waals surface area contributed by atoms with Crippen molar-refractivity contribution in [3.05, 3.63) is 173 Å². The Morgan fingerprint density at radius 2 is 0.954 bits per heavy atom. The lowest BCUT2D eigenvalue weighted by molar-refractivity contribution is -0.344. The number of aromatic nitrogens is 1. The van der Waals surface area contributed by atoms with Crippen LogP contribution in [0.2, 0.25) is 5.02 Å². The predicted octanol–water partition coefficient (Wildman–Crippen LogP) is -0.858. The Labute approximate surface area is 755 Å². The molecular formula is C88H107ClF3N19O20. The predicted molar refractivity (Wildman–Crippen MR) is 464 cm³/mol. The number of nitrogens with one attached hydrogen (secondary N) is 16. The van der Waals surface area contributed by atoms with E-state index in [0.29, 0.717) is 53.1 Å². The molecule has 131 heavy (non-hydrogen) atoms. The highest BCUT2D eigenvalue weighted by atomic mass is 35.5. The number of anilines is 2. The van der Waals surface area contributed by atoms with E-state index < -0.39 is 205 Å². The normalized spacial score (nSPS) is 16.8. The minimum Gasteiger partial charge on any atom is -0.542 e. The molecule has 5 aromatic carbocycles. The number of carboxylic acids is 1. The van der Waals surface area contributed by atoms with Crippen LogP contribution in [0.25, 0.3) is 10.8 Å². The van der Waals surface area contributed by atoms with Crippen LogP contribution >= 0.6 is 11.6 Å². The number of rotatable bonds is 42. The number of urea groups is 2. The molecule has 19 amide bonds. The topological polar surface area (TPSA) is 587 Å². The second-order valence-electron chi connectivity index (χ2n) is 32.4. The molecule has 20 N–H and O–H groups in total. The molecule has 3 aliphatic heterocycles. The van der Waals surface area contributed by atoms with E-state index in [2.05, 4.69) is 90.5 Å². The summed E-state index contributed by atoms with van der Waals surface area (Å²) in [5.74, 6) is -15.4. The first kappa shape index (κ1) is 103. The van der Waals surface area contributed by atoms with Crippen molar-refractivity contribution in [2.75, 3.05) is 30.3 Å². The number of amides is 19. The molecule has 6 aromatic rings. The van der Waals surface area contributed by atoms with Crippen molar-refractivity contribution in [1.82, 2.24) is 84.3 Å². The third-order valence-corrected chi connectivity index (χ3v) is 21.3. The molecule has 702 valence electrons. The maximum Gasteiger partial charge on any atom is 0.430 e. The third-order valence-electron chi connectivity index (χ3n) is 21.0. The number of quaternary nitrogens is 1. The summed E-state index contributed by atoms with van der Waals surface area (Å²) in [6.07, 6.45) is -2.80. The second-order valence-corrected chi connectivity index (χ2v) is 32.8. The number of pyridine rings is 1. The molecule has 0 aliphatic carbocycles. The van der Waals surface area contributed by atoms with Crippen LogP contribution < -0.4 is 95.9 Å². The lowest BCUT2D eigenvalue weighted by Crippen LogP contribution is -2.66. The monoisotopic (exact) mass is 1840 g/mol. The number of nitrogens with zero attached hydrogens (tertiary/aromatic N) is 2. The van der Waals surface area contributed by atoms with Gasteiger partial charge in [0.1, 0.15) is 78.5 Å². The zero-order valence-electron chi connectivity index (χ0n) is 72.5. The number of alkyl halides is 3. The smallest absolute Gasteiger partial charge is 0.430 e. The number of carbonyl (C=O) groups is 18. The lowest BCUT2D eigenvalue weighted by Gasteiger charge is -2.31. The molecular weight excluding hydrogens is 1740 g/mol. The van der Waals surface area contributed by atoms with Gasteiger partial charge in [-0.3, -0.25) is 88.5 Å². The summed E-state index contributed by atoms with van der Waals surface area (Å²) in [6, 6.07) is 15.5. The number of carbonyl (C=O) groups excluding carboxylic acids is 18. The molecule has 1 aromatic heterocycles. The fourth-order valence-corrected chi connectivity index (χ4v) is 14.4. The molecule has 0 spiro atoms.